The number of rotatable bonds is 6. The van der Waals surface area contributed by atoms with E-state index < -0.39 is 5.60 Å². The molecule has 2 fully saturated rings. The van der Waals surface area contributed by atoms with E-state index in [0.717, 1.165) is 49.7 Å². The number of ether oxygens (including phenoxy) is 2. The molecule has 0 radical (unpaired) electrons. The summed E-state index contributed by atoms with van der Waals surface area (Å²) in [5.41, 5.74) is 1.25. The SMILES string of the molecule is CCOc1cc(CN2CC3CCCC(C2)C3(O)c2ccccn2)ccc1OC. The molecule has 2 unspecified atom stereocenters. The van der Waals surface area contributed by atoms with Gasteiger partial charge in [-0.1, -0.05) is 18.6 Å². The first-order valence-electron chi connectivity index (χ1n) is 10.3. The predicted molar refractivity (Wildman–Crippen MR) is 108 cm³/mol. The molecule has 5 heteroatoms. The number of aromatic nitrogens is 1. The Morgan fingerprint density at radius 3 is 2.57 bits per heavy atom. The van der Waals surface area contributed by atoms with Crippen LogP contribution in [0.2, 0.25) is 0 Å². The van der Waals surface area contributed by atoms with Crippen LogP contribution >= 0.6 is 0 Å². The van der Waals surface area contributed by atoms with E-state index in [1.54, 1.807) is 13.3 Å². The smallest absolute Gasteiger partial charge is 0.161 e. The van der Waals surface area contributed by atoms with Gasteiger partial charge < -0.3 is 14.6 Å². The maximum Gasteiger partial charge on any atom is 0.161 e. The summed E-state index contributed by atoms with van der Waals surface area (Å²) >= 11 is 0. The van der Waals surface area contributed by atoms with E-state index in [1.807, 2.05) is 31.2 Å². The van der Waals surface area contributed by atoms with Gasteiger partial charge in [-0.25, -0.2) is 0 Å². The Kier molecular flexibility index (Phi) is 5.56. The lowest BCUT2D eigenvalue weighted by molar-refractivity contribution is -0.151. The molecule has 1 saturated heterocycles. The molecule has 2 atom stereocenters. The van der Waals surface area contributed by atoms with E-state index in [2.05, 4.69) is 22.0 Å². The van der Waals surface area contributed by atoms with Gasteiger partial charge in [0.2, 0.25) is 0 Å². The van der Waals surface area contributed by atoms with Crippen LogP contribution in [0.5, 0.6) is 11.5 Å². The molecule has 2 heterocycles. The molecule has 150 valence electrons. The van der Waals surface area contributed by atoms with Gasteiger partial charge in [-0.2, -0.15) is 0 Å². The fraction of sp³-hybridized carbons (Fsp3) is 0.522. The summed E-state index contributed by atoms with van der Waals surface area (Å²) in [7, 11) is 1.67. The van der Waals surface area contributed by atoms with Crippen molar-refractivity contribution in [1.29, 1.82) is 0 Å². The Balaban J connectivity index is 1.53. The molecule has 5 nitrogen and oxygen atoms in total. The van der Waals surface area contributed by atoms with Crippen LogP contribution < -0.4 is 9.47 Å². The van der Waals surface area contributed by atoms with Gasteiger partial charge in [-0.05, 0) is 49.6 Å². The van der Waals surface area contributed by atoms with Crippen LogP contribution in [0.3, 0.4) is 0 Å². The number of pyridine rings is 1. The molecule has 1 aromatic carbocycles. The van der Waals surface area contributed by atoms with E-state index in [4.69, 9.17) is 9.47 Å². The zero-order valence-corrected chi connectivity index (χ0v) is 16.8. The first-order valence-corrected chi connectivity index (χ1v) is 10.3. The van der Waals surface area contributed by atoms with Crippen LogP contribution in [0, 0.1) is 11.8 Å². The molecule has 1 N–H and O–H groups in total. The normalized spacial score (nSPS) is 27.4. The number of hydrogen-bond donors (Lipinski definition) is 1. The van der Waals surface area contributed by atoms with Crippen LogP contribution in [0.1, 0.15) is 37.4 Å². The van der Waals surface area contributed by atoms with Crippen molar-refractivity contribution >= 4 is 0 Å². The van der Waals surface area contributed by atoms with Gasteiger partial charge in [0, 0.05) is 37.7 Å². The van der Waals surface area contributed by atoms with Gasteiger partial charge in [0.1, 0.15) is 5.60 Å². The second kappa shape index (κ2) is 8.10. The van der Waals surface area contributed by atoms with E-state index in [0.29, 0.717) is 6.61 Å². The molecule has 1 saturated carbocycles. The van der Waals surface area contributed by atoms with Crippen molar-refractivity contribution in [3.8, 4) is 11.5 Å². The van der Waals surface area contributed by atoms with Crippen molar-refractivity contribution in [2.45, 2.75) is 38.3 Å². The van der Waals surface area contributed by atoms with Crippen molar-refractivity contribution in [2.24, 2.45) is 11.8 Å². The molecular weight excluding hydrogens is 352 g/mol. The summed E-state index contributed by atoms with van der Waals surface area (Å²) in [6.07, 6.45) is 5.08. The van der Waals surface area contributed by atoms with Gasteiger partial charge >= 0.3 is 0 Å². The Morgan fingerprint density at radius 1 is 1.14 bits per heavy atom. The van der Waals surface area contributed by atoms with Crippen LogP contribution in [-0.4, -0.2) is 41.8 Å². The molecule has 1 aromatic heterocycles. The molecule has 1 aliphatic heterocycles. The number of hydrogen-bond acceptors (Lipinski definition) is 5. The monoisotopic (exact) mass is 382 g/mol. The molecule has 1 aliphatic carbocycles. The minimum absolute atomic E-state index is 0.222. The lowest BCUT2D eigenvalue weighted by Gasteiger charge is -2.52. The number of piperidine rings is 1. The number of fused-ring (bicyclic) bond motifs is 2. The van der Waals surface area contributed by atoms with Crippen molar-refractivity contribution in [2.75, 3.05) is 26.8 Å². The molecular formula is C23H30N2O3. The Hall–Kier alpha value is -2.11. The van der Waals surface area contributed by atoms with Crippen LogP contribution in [0.15, 0.2) is 42.6 Å². The molecule has 4 rings (SSSR count). The van der Waals surface area contributed by atoms with Gasteiger partial charge in [-0.15, -0.1) is 0 Å². The van der Waals surface area contributed by atoms with E-state index in [-0.39, 0.29) is 11.8 Å². The molecule has 28 heavy (non-hydrogen) atoms. The van der Waals surface area contributed by atoms with Gasteiger partial charge in [0.25, 0.3) is 0 Å². The van der Waals surface area contributed by atoms with Crippen molar-refractivity contribution in [3.05, 3.63) is 53.9 Å². The van der Waals surface area contributed by atoms with E-state index in [9.17, 15) is 5.11 Å². The largest absolute Gasteiger partial charge is 0.493 e. The maximum absolute atomic E-state index is 11.7. The molecule has 2 bridgehead atoms. The quantitative estimate of drug-likeness (QED) is 0.827. The molecule has 0 spiro atoms. The lowest BCUT2D eigenvalue weighted by atomic mass is 9.64. The summed E-state index contributed by atoms with van der Waals surface area (Å²) in [6, 6.07) is 12.1. The third kappa shape index (κ3) is 3.49. The van der Waals surface area contributed by atoms with Crippen molar-refractivity contribution in [3.63, 3.8) is 0 Å². The standard InChI is InChI=1S/C23H30N2O3/c1-3-28-21-13-17(10-11-20(21)27-2)14-25-15-18-7-6-8-19(16-25)23(18,26)22-9-4-5-12-24-22/h4-5,9-13,18-19,26H,3,6-8,14-16H2,1-2H3. The van der Waals surface area contributed by atoms with E-state index in [1.165, 1.54) is 12.0 Å². The van der Waals surface area contributed by atoms with Crippen molar-refractivity contribution in [1.82, 2.24) is 9.88 Å². The third-order valence-electron chi connectivity index (χ3n) is 6.32. The third-order valence-corrected chi connectivity index (χ3v) is 6.32. The summed E-state index contributed by atoms with van der Waals surface area (Å²) < 4.78 is 11.1. The van der Waals surface area contributed by atoms with Gasteiger partial charge in [-0.3, -0.25) is 9.88 Å². The second-order valence-electron chi connectivity index (χ2n) is 7.98. The number of methoxy groups -OCH3 is 1. The number of aliphatic hydroxyl groups is 1. The zero-order valence-electron chi connectivity index (χ0n) is 16.8. The first-order chi connectivity index (χ1) is 13.6. The van der Waals surface area contributed by atoms with Crippen molar-refractivity contribution < 1.29 is 14.6 Å². The fourth-order valence-electron chi connectivity index (χ4n) is 5.04. The topological polar surface area (TPSA) is 54.8 Å². The zero-order chi connectivity index (χ0) is 19.6. The van der Waals surface area contributed by atoms with E-state index >= 15 is 0 Å². The molecule has 2 aliphatic rings. The predicted octanol–water partition coefficient (Wildman–Crippen LogP) is 3.61. The molecule has 2 aromatic rings. The minimum Gasteiger partial charge on any atom is -0.493 e. The highest BCUT2D eigenvalue weighted by molar-refractivity contribution is 5.43. The highest BCUT2D eigenvalue weighted by atomic mass is 16.5. The van der Waals surface area contributed by atoms with Gasteiger partial charge in [0.05, 0.1) is 19.4 Å². The molecule has 0 amide bonds. The van der Waals surface area contributed by atoms with Crippen LogP contribution in [0.4, 0.5) is 0 Å². The Labute approximate surface area is 167 Å². The highest BCUT2D eigenvalue weighted by Gasteiger charge is 2.52. The Bertz CT molecular complexity index is 782. The Morgan fingerprint density at radius 2 is 1.93 bits per heavy atom. The first kappa shape index (κ1) is 19.2. The van der Waals surface area contributed by atoms with Crippen LogP contribution in [-0.2, 0) is 12.1 Å². The summed E-state index contributed by atoms with van der Waals surface area (Å²) in [5.74, 6) is 2.01. The lowest BCUT2D eigenvalue weighted by Crippen LogP contribution is -2.58. The second-order valence-corrected chi connectivity index (χ2v) is 7.98. The summed E-state index contributed by atoms with van der Waals surface area (Å²) in [4.78, 5) is 6.99. The average Bonchev–Trinajstić information content (AvgIpc) is 2.70. The van der Waals surface area contributed by atoms with Crippen LogP contribution in [0.25, 0.3) is 0 Å². The average molecular weight is 383 g/mol. The minimum atomic E-state index is -0.799. The number of nitrogens with zero attached hydrogens (tertiary/aromatic N) is 2. The maximum atomic E-state index is 11.7. The highest BCUT2D eigenvalue weighted by Crippen LogP contribution is 2.48. The summed E-state index contributed by atoms with van der Waals surface area (Å²) in [5, 5.41) is 11.7. The number of benzene rings is 1. The summed E-state index contributed by atoms with van der Waals surface area (Å²) in [6.45, 7) is 5.23. The fourth-order valence-corrected chi connectivity index (χ4v) is 5.04. The van der Waals surface area contributed by atoms with Gasteiger partial charge in [0.15, 0.2) is 11.5 Å². The number of likely N-dealkylation sites (tertiary alicyclic amines) is 1.